The number of hydrogen-bond donors (Lipinski definition) is 2. The SMILES string of the molecule is NNc1c2c(cc3nonc13)C=CCO2. The molecule has 0 aliphatic carbocycles. The van der Waals surface area contributed by atoms with E-state index in [0.29, 0.717) is 29.1 Å². The van der Waals surface area contributed by atoms with Crippen molar-refractivity contribution in [3.05, 3.63) is 17.7 Å². The third-order valence-corrected chi connectivity index (χ3v) is 2.30. The fourth-order valence-corrected chi connectivity index (χ4v) is 1.65. The molecule has 0 saturated heterocycles. The first-order valence-corrected chi connectivity index (χ1v) is 4.45. The number of benzene rings is 1. The first-order valence-electron chi connectivity index (χ1n) is 4.45. The molecule has 0 fully saturated rings. The molecule has 0 saturated carbocycles. The molecular formula is C9H8N4O2. The van der Waals surface area contributed by atoms with Crippen molar-refractivity contribution < 1.29 is 9.37 Å². The van der Waals surface area contributed by atoms with Crippen molar-refractivity contribution in [3.63, 3.8) is 0 Å². The number of anilines is 1. The van der Waals surface area contributed by atoms with E-state index in [1.165, 1.54) is 0 Å². The van der Waals surface area contributed by atoms with Gasteiger partial charge in [-0.3, -0.25) is 5.84 Å². The first kappa shape index (κ1) is 8.25. The molecular weight excluding hydrogens is 196 g/mol. The van der Waals surface area contributed by atoms with Crippen molar-refractivity contribution in [2.24, 2.45) is 5.84 Å². The molecule has 15 heavy (non-hydrogen) atoms. The molecule has 0 radical (unpaired) electrons. The fraction of sp³-hybridized carbons (Fsp3) is 0.111. The van der Waals surface area contributed by atoms with E-state index in [9.17, 15) is 0 Å². The number of hydrazine groups is 1. The van der Waals surface area contributed by atoms with Crippen molar-refractivity contribution in [1.82, 2.24) is 10.3 Å². The third-order valence-electron chi connectivity index (χ3n) is 2.30. The van der Waals surface area contributed by atoms with Crippen molar-refractivity contribution in [1.29, 1.82) is 0 Å². The maximum Gasteiger partial charge on any atom is 0.163 e. The predicted molar refractivity (Wildman–Crippen MR) is 54.1 cm³/mol. The zero-order valence-electron chi connectivity index (χ0n) is 7.73. The van der Waals surface area contributed by atoms with Gasteiger partial charge in [-0.1, -0.05) is 6.08 Å². The summed E-state index contributed by atoms with van der Waals surface area (Å²) in [4.78, 5) is 0. The van der Waals surface area contributed by atoms with Gasteiger partial charge in [-0.25, -0.2) is 4.63 Å². The normalized spacial score (nSPS) is 13.7. The summed E-state index contributed by atoms with van der Waals surface area (Å²) in [7, 11) is 0. The quantitative estimate of drug-likeness (QED) is 0.530. The molecule has 3 rings (SSSR count). The van der Waals surface area contributed by atoms with Gasteiger partial charge in [0.1, 0.15) is 17.8 Å². The molecule has 1 aromatic carbocycles. The highest BCUT2D eigenvalue weighted by Gasteiger charge is 2.18. The standard InChI is InChI=1S/C9H8N4O2/c10-11-8-7-6(12-15-13-7)4-5-2-1-3-14-9(5)8/h1-2,4,11H,3,10H2. The molecule has 0 spiro atoms. The largest absolute Gasteiger partial charge is 0.487 e. The minimum absolute atomic E-state index is 0.526. The Balaban J connectivity index is 2.40. The molecule has 6 heteroatoms. The summed E-state index contributed by atoms with van der Waals surface area (Å²) in [6.45, 7) is 0.526. The van der Waals surface area contributed by atoms with Gasteiger partial charge in [-0.15, -0.1) is 0 Å². The number of rotatable bonds is 1. The molecule has 1 aliphatic heterocycles. The summed E-state index contributed by atoms with van der Waals surface area (Å²) >= 11 is 0. The second-order valence-corrected chi connectivity index (χ2v) is 3.16. The Morgan fingerprint density at radius 1 is 1.40 bits per heavy atom. The summed E-state index contributed by atoms with van der Waals surface area (Å²) in [6.07, 6.45) is 3.87. The summed E-state index contributed by atoms with van der Waals surface area (Å²) in [5, 5.41) is 7.53. The Kier molecular flexibility index (Phi) is 1.63. The molecule has 2 aromatic rings. The van der Waals surface area contributed by atoms with Crippen LogP contribution in [0.2, 0.25) is 0 Å². The highest BCUT2D eigenvalue weighted by atomic mass is 16.6. The fourth-order valence-electron chi connectivity index (χ4n) is 1.65. The Morgan fingerprint density at radius 3 is 3.20 bits per heavy atom. The molecule has 1 aromatic heterocycles. The van der Waals surface area contributed by atoms with Gasteiger partial charge in [-0.2, -0.15) is 0 Å². The zero-order valence-corrected chi connectivity index (χ0v) is 7.73. The lowest BCUT2D eigenvalue weighted by molar-refractivity contribution is 0.315. The second kappa shape index (κ2) is 2.96. The summed E-state index contributed by atoms with van der Waals surface area (Å²) in [5.74, 6) is 6.12. The van der Waals surface area contributed by atoms with Crippen molar-refractivity contribution >= 4 is 22.8 Å². The molecule has 0 atom stereocenters. The Labute approximate surface area is 84.6 Å². The van der Waals surface area contributed by atoms with E-state index < -0.39 is 0 Å². The number of nitrogens with one attached hydrogen (secondary N) is 1. The highest BCUT2D eigenvalue weighted by molar-refractivity contribution is 5.94. The van der Waals surface area contributed by atoms with Gasteiger partial charge in [0.2, 0.25) is 0 Å². The molecule has 0 amide bonds. The predicted octanol–water partition coefficient (Wildman–Crippen LogP) is 0.914. The van der Waals surface area contributed by atoms with Gasteiger partial charge in [0.15, 0.2) is 11.3 Å². The highest BCUT2D eigenvalue weighted by Crippen LogP contribution is 2.37. The van der Waals surface area contributed by atoms with Crippen molar-refractivity contribution in [3.8, 4) is 5.75 Å². The van der Waals surface area contributed by atoms with Crippen LogP contribution >= 0.6 is 0 Å². The molecule has 3 N–H and O–H groups in total. The maximum absolute atomic E-state index is 5.48. The molecule has 76 valence electrons. The topological polar surface area (TPSA) is 86.2 Å². The van der Waals surface area contributed by atoms with Crippen LogP contribution in [0.4, 0.5) is 5.69 Å². The van der Waals surface area contributed by atoms with Crippen LogP contribution in [0.1, 0.15) is 5.56 Å². The first-order chi connectivity index (χ1) is 7.40. The van der Waals surface area contributed by atoms with Gasteiger partial charge < -0.3 is 10.2 Å². The minimum Gasteiger partial charge on any atom is -0.487 e. The Bertz CT molecular complexity index is 546. The van der Waals surface area contributed by atoms with E-state index in [-0.39, 0.29) is 0 Å². The van der Waals surface area contributed by atoms with Gasteiger partial charge in [0.05, 0.1) is 0 Å². The number of nitrogen functional groups attached to an aromatic ring is 1. The number of nitrogens with zero attached hydrogens (tertiary/aromatic N) is 2. The molecule has 2 heterocycles. The van der Waals surface area contributed by atoms with E-state index in [2.05, 4.69) is 20.4 Å². The van der Waals surface area contributed by atoms with Gasteiger partial charge in [0, 0.05) is 5.56 Å². The van der Waals surface area contributed by atoms with E-state index in [4.69, 9.17) is 10.6 Å². The lowest BCUT2D eigenvalue weighted by Crippen LogP contribution is -2.11. The number of fused-ring (bicyclic) bond motifs is 2. The molecule has 6 nitrogen and oxygen atoms in total. The monoisotopic (exact) mass is 204 g/mol. The number of ether oxygens (including phenoxy) is 1. The third kappa shape index (κ3) is 1.08. The van der Waals surface area contributed by atoms with Crippen LogP contribution in [-0.4, -0.2) is 16.9 Å². The van der Waals surface area contributed by atoms with Gasteiger partial charge >= 0.3 is 0 Å². The van der Waals surface area contributed by atoms with Crippen LogP contribution < -0.4 is 16.0 Å². The average molecular weight is 204 g/mol. The van der Waals surface area contributed by atoms with E-state index in [0.717, 1.165) is 5.56 Å². The zero-order chi connectivity index (χ0) is 10.3. The second-order valence-electron chi connectivity index (χ2n) is 3.16. The molecule has 1 aliphatic rings. The van der Waals surface area contributed by atoms with Crippen molar-refractivity contribution in [2.75, 3.05) is 12.0 Å². The smallest absolute Gasteiger partial charge is 0.163 e. The number of aromatic nitrogens is 2. The number of hydrogen-bond acceptors (Lipinski definition) is 6. The maximum atomic E-state index is 5.48. The minimum atomic E-state index is 0.526. The Hall–Kier alpha value is -2.08. The summed E-state index contributed by atoms with van der Waals surface area (Å²) in [5.41, 5.74) is 5.31. The Morgan fingerprint density at radius 2 is 2.33 bits per heavy atom. The van der Waals surface area contributed by atoms with E-state index in [1.807, 2.05) is 18.2 Å². The van der Waals surface area contributed by atoms with Crippen LogP contribution in [0.25, 0.3) is 17.1 Å². The average Bonchev–Trinajstić information content (AvgIpc) is 2.73. The lowest BCUT2D eigenvalue weighted by atomic mass is 10.1. The lowest BCUT2D eigenvalue weighted by Gasteiger charge is -2.15. The van der Waals surface area contributed by atoms with Gasteiger partial charge in [0.25, 0.3) is 0 Å². The summed E-state index contributed by atoms with van der Waals surface area (Å²) in [6, 6.07) is 1.84. The van der Waals surface area contributed by atoms with Crippen LogP contribution in [0.15, 0.2) is 16.8 Å². The van der Waals surface area contributed by atoms with Crippen LogP contribution in [0, 0.1) is 0 Å². The van der Waals surface area contributed by atoms with Gasteiger partial charge in [-0.05, 0) is 22.5 Å². The molecule has 0 unspecified atom stereocenters. The van der Waals surface area contributed by atoms with E-state index >= 15 is 0 Å². The molecule has 0 bridgehead atoms. The summed E-state index contributed by atoms with van der Waals surface area (Å²) < 4.78 is 10.1. The number of nitrogens with two attached hydrogens (primary N) is 1. The van der Waals surface area contributed by atoms with Crippen LogP contribution in [0.5, 0.6) is 5.75 Å². The van der Waals surface area contributed by atoms with Crippen molar-refractivity contribution in [2.45, 2.75) is 0 Å². The van der Waals surface area contributed by atoms with E-state index in [1.54, 1.807) is 0 Å². The van der Waals surface area contributed by atoms with Crippen LogP contribution in [0.3, 0.4) is 0 Å². The van der Waals surface area contributed by atoms with Crippen LogP contribution in [-0.2, 0) is 0 Å².